The maximum absolute atomic E-state index is 12.8. The Morgan fingerprint density at radius 3 is 2.41 bits per heavy atom. The normalized spacial score (nSPS) is 20.5. The number of carbonyl (C=O) groups excluding carboxylic acids is 1. The minimum absolute atomic E-state index is 0.00998. The van der Waals surface area contributed by atoms with Crippen LogP contribution in [0.2, 0.25) is 0 Å². The minimum atomic E-state index is -5.08. The van der Waals surface area contributed by atoms with Gasteiger partial charge in [0.25, 0.3) is 5.91 Å². The Labute approximate surface area is 195 Å². The number of benzene rings is 1. The number of piperidine rings is 1. The molecule has 0 saturated carbocycles. The van der Waals surface area contributed by atoms with Crippen LogP contribution in [0.5, 0.6) is 5.75 Å². The van der Waals surface area contributed by atoms with Crippen LogP contribution in [0.15, 0.2) is 42.9 Å². The largest absolute Gasteiger partial charge is 0.497 e. The van der Waals surface area contributed by atoms with E-state index in [2.05, 4.69) is 27.0 Å². The van der Waals surface area contributed by atoms with Crippen LogP contribution in [0.1, 0.15) is 35.3 Å². The van der Waals surface area contributed by atoms with Crippen molar-refractivity contribution in [3.8, 4) is 5.75 Å². The highest BCUT2D eigenvalue weighted by Crippen LogP contribution is 2.39. The van der Waals surface area contributed by atoms with Gasteiger partial charge >= 0.3 is 12.1 Å². The number of alkyl halides is 3. The van der Waals surface area contributed by atoms with Crippen LogP contribution in [0.25, 0.3) is 0 Å². The van der Waals surface area contributed by atoms with Crippen molar-refractivity contribution < 1.29 is 32.6 Å². The summed E-state index contributed by atoms with van der Waals surface area (Å²) in [5.74, 6) is -1.86. The average Bonchev–Trinajstić information content (AvgIpc) is 3.20. The zero-order valence-corrected chi connectivity index (χ0v) is 18.8. The first-order valence-electron chi connectivity index (χ1n) is 10.8. The summed E-state index contributed by atoms with van der Waals surface area (Å²) >= 11 is 0. The molecule has 0 radical (unpaired) electrons. The molecule has 2 saturated heterocycles. The van der Waals surface area contributed by atoms with Crippen molar-refractivity contribution in [2.24, 2.45) is 5.41 Å². The van der Waals surface area contributed by atoms with Gasteiger partial charge in [-0.25, -0.2) is 9.78 Å². The number of aromatic nitrogens is 2. The van der Waals surface area contributed by atoms with Crippen molar-refractivity contribution in [2.45, 2.75) is 32.0 Å². The molecule has 1 N–H and O–H groups in total. The van der Waals surface area contributed by atoms with E-state index in [1.165, 1.54) is 12.0 Å². The van der Waals surface area contributed by atoms with Gasteiger partial charge in [-0.1, -0.05) is 12.1 Å². The highest BCUT2D eigenvalue weighted by molar-refractivity contribution is 5.92. The fourth-order valence-corrected chi connectivity index (χ4v) is 4.44. The minimum Gasteiger partial charge on any atom is -0.497 e. The topological polar surface area (TPSA) is 95.9 Å². The monoisotopic (exact) mass is 480 g/mol. The van der Waals surface area contributed by atoms with Crippen LogP contribution in [-0.4, -0.2) is 76.2 Å². The van der Waals surface area contributed by atoms with E-state index >= 15 is 0 Å². The number of nitrogens with zero attached hydrogens (tertiary/aromatic N) is 4. The number of amides is 1. The molecule has 11 heteroatoms. The lowest BCUT2D eigenvalue weighted by molar-refractivity contribution is -0.192. The summed E-state index contributed by atoms with van der Waals surface area (Å²) < 4.78 is 37.0. The molecule has 1 unspecified atom stereocenters. The number of hydrogen-bond donors (Lipinski definition) is 1. The molecule has 0 bridgehead atoms. The molecule has 34 heavy (non-hydrogen) atoms. The van der Waals surface area contributed by atoms with Crippen molar-refractivity contribution in [1.29, 1.82) is 0 Å². The second kappa shape index (κ2) is 10.8. The molecular formula is C23H27F3N4O4. The van der Waals surface area contributed by atoms with Gasteiger partial charge in [0.2, 0.25) is 0 Å². The lowest BCUT2D eigenvalue weighted by atomic mass is 9.79. The van der Waals surface area contributed by atoms with E-state index in [1.807, 2.05) is 17.0 Å². The molecule has 0 aliphatic carbocycles. The van der Waals surface area contributed by atoms with E-state index in [9.17, 15) is 18.0 Å². The van der Waals surface area contributed by atoms with Gasteiger partial charge in [0.1, 0.15) is 11.4 Å². The first-order chi connectivity index (χ1) is 16.1. The number of hydrogen-bond acceptors (Lipinski definition) is 6. The zero-order valence-electron chi connectivity index (χ0n) is 18.8. The van der Waals surface area contributed by atoms with Gasteiger partial charge in [0.15, 0.2) is 0 Å². The molecule has 2 aliphatic rings. The molecule has 2 aliphatic heterocycles. The standard InChI is InChI=1S/C21H26N4O2.C2HF3O2/c1-27-18-5-3-17(4-6-18)14-24-12-8-21(15-24)7-2-11-25(16-21)20(26)19-13-22-9-10-23-19;3-2(4,5)1(6)7/h3-6,9-10,13H,2,7-8,11-12,14-16H2,1H3;(H,6,7). The smallest absolute Gasteiger partial charge is 0.490 e. The predicted octanol–water partition coefficient (Wildman–Crippen LogP) is 3.25. The number of halogens is 3. The van der Waals surface area contributed by atoms with Gasteiger partial charge in [-0.15, -0.1) is 0 Å². The lowest BCUT2D eigenvalue weighted by Crippen LogP contribution is -2.47. The number of methoxy groups -OCH3 is 1. The third kappa shape index (κ3) is 6.66. The van der Waals surface area contributed by atoms with Crippen LogP contribution in [-0.2, 0) is 11.3 Å². The molecule has 2 fully saturated rings. The molecule has 4 rings (SSSR count). The Kier molecular flexibility index (Phi) is 8.08. The van der Waals surface area contributed by atoms with Gasteiger partial charge in [-0.3, -0.25) is 14.7 Å². The number of rotatable bonds is 4. The zero-order chi connectivity index (χ0) is 24.8. The second-order valence-electron chi connectivity index (χ2n) is 8.53. The van der Waals surface area contributed by atoms with Crippen LogP contribution in [0, 0.1) is 5.41 Å². The maximum Gasteiger partial charge on any atom is 0.490 e. The Hall–Kier alpha value is -3.21. The molecule has 2 aromatic rings. The highest BCUT2D eigenvalue weighted by atomic mass is 19.4. The van der Waals surface area contributed by atoms with Gasteiger partial charge in [-0.05, 0) is 43.5 Å². The Morgan fingerprint density at radius 1 is 1.12 bits per heavy atom. The van der Waals surface area contributed by atoms with E-state index in [1.54, 1.807) is 25.7 Å². The molecule has 184 valence electrons. The van der Waals surface area contributed by atoms with Gasteiger partial charge in [0.05, 0.1) is 13.3 Å². The van der Waals surface area contributed by atoms with Crippen molar-refractivity contribution >= 4 is 11.9 Å². The SMILES string of the molecule is COc1ccc(CN2CCC3(CCCN(C(=O)c4cnccn4)C3)C2)cc1.O=C(O)C(F)(F)F. The number of ether oxygens (including phenoxy) is 1. The number of likely N-dealkylation sites (tertiary alicyclic amines) is 2. The van der Waals surface area contributed by atoms with Gasteiger partial charge < -0.3 is 14.7 Å². The average molecular weight is 480 g/mol. The van der Waals surface area contributed by atoms with E-state index in [0.29, 0.717) is 5.69 Å². The Morgan fingerprint density at radius 2 is 1.82 bits per heavy atom. The first-order valence-corrected chi connectivity index (χ1v) is 10.8. The third-order valence-electron chi connectivity index (χ3n) is 6.06. The first kappa shape index (κ1) is 25.4. The number of carbonyl (C=O) groups is 2. The summed E-state index contributed by atoms with van der Waals surface area (Å²) in [5, 5.41) is 7.12. The number of carboxylic acid groups (broad SMARTS) is 1. The molecule has 8 nitrogen and oxygen atoms in total. The van der Waals surface area contributed by atoms with Crippen molar-refractivity contribution in [3.05, 3.63) is 54.1 Å². The Bertz CT molecular complexity index is 972. The highest BCUT2D eigenvalue weighted by Gasteiger charge is 2.42. The summed E-state index contributed by atoms with van der Waals surface area (Å²) in [4.78, 5) is 34.4. The molecule has 1 amide bonds. The maximum atomic E-state index is 12.8. The van der Waals surface area contributed by atoms with Crippen LogP contribution in [0.3, 0.4) is 0 Å². The number of aliphatic carboxylic acids is 1. The molecule has 1 aromatic carbocycles. The molecule has 3 heterocycles. The third-order valence-corrected chi connectivity index (χ3v) is 6.06. The molecular weight excluding hydrogens is 453 g/mol. The van der Waals surface area contributed by atoms with Crippen LogP contribution < -0.4 is 4.74 Å². The fraction of sp³-hybridized carbons (Fsp3) is 0.478. The summed E-state index contributed by atoms with van der Waals surface area (Å²) in [6, 6.07) is 8.30. The molecule has 1 aromatic heterocycles. The van der Waals surface area contributed by atoms with E-state index in [-0.39, 0.29) is 11.3 Å². The fourth-order valence-electron chi connectivity index (χ4n) is 4.44. The lowest BCUT2D eigenvalue weighted by Gasteiger charge is -2.40. The van der Waals surface area contributed by atoms with Crippen LogP contribution >= 0.6 is 0 Å². The van der Waals surface area contributed by atoms with Crippen molar-refractivity contribution in [2.75, 3.05) is 33.3 Å². The second-order valence-corrected chi connectivity index (χ2v) is 8.53. The predicted molar refractivity (Wildman–Crippen MR) is 116 cm³/mol. The quantitative estimate of drug-likeness (QED) is 0.718. The van der Waals surface area contributed by atoms with Crippen LogP contribution in [0.4, 0.5) is 13.2 Å². The summed E-state index contributed by atoms with van der Waals surface area (Å²) in [7, 11) is 1.69. The van der Waals surface area contributed by atoms with E-state index in [4.69, 9.17) is 14.6 Å². The Balaban J connectivity index is 0.000000406. The number of carboxylic acids is 1. The summed E-state index contributed by atoms with van der Waals surface area (Å²) in [5.41, 5.74) is 1.96. The van der Waals surface area contributed by atoms with Gasteiger partial charge in [-0.2, -0.15) is 13.2 Å². The van der Waals surface area contributed by atoms with E-state index in [0.717, 1.165) is 51.3 Å². The molecule has 1 atom stereocenters. The van der Waals surface area contributed by atoms with Gasteiger partial charge in [0, 0.05) is 44.0 Å². The molecule has 1 spiro atoms. The van der Waals surface area contributed by atoms with E-state index < -0.39 is 12.1 Å². The van der Waals surface area contributed by atoms with Crippen molar-refractivity contribution in [3.63, 3.8) is 0 Å². The summed E-state index contributed by atoms with van der Waals surface area (Å²) in [6.45, 7) is 4.71. The van der Waals surface area contributed by atoms with Crippen molar-refractivity contribution in [1.82, 2.24) is 19.8 Å². The summed E-state index contributed by atoms with van der Waals surface area (Å²) in [6.07, 6.45) is 3.06.